The Hall–Kier alpha value is -3.13. The summed E-state index contributed by atoms with van der Waals surface area (Å²) in [7, 11) is -2.00. The fourth-order valence-corrected chi connectivity index (χ4v) is 5.31. The molecule has 0 spiro atoms. The summed E-state index contributed by atoms with van der Waals surface area (Å²) in [5.41, 5.74) is 2.64. The van der Waals surface area contributed by atoms with E-state index in [1.807, 2.05) is 37.6 Å². The van der Waals surface area contributed by atoms with Crippen molar-refractivity contribution in [1.82, 2.24) is 4.57 Å². The van der Waals surface area contributed by atoms with Crippen molar-refractivity contribution >= 4 is 38.2 Å². The second kappa shape index (κ2) is 6.73. The molecular weight excluding hydrogens is 392 g/mol. The lowest BCUT2D eigenvalue weighted by Crippen LogP contribution is -2.34. The first-order chi connectivity index (χ1) is 13.7. The van der Waals surface area contributed by atoms with Crippen LogP contribution in [0.5, 0.6) is 0 Å². The zero-order valence-corrected chi connectivity index (χ0v) is 17.1. The summed E-state index contributed by atoms with van der Waals surface area (Å²) < 4.78 is 33.8. The minimum Gasteiger partial charge on any atom is -0.456 e. The zero-order valence-electron chi connectivity index (χ0n) is 16.3. The highest BCUT2D eigenvalue weighted by Gasteiger charge is 2.37. The van der Waals surface area contributed by atoms with E-state index in [1.54, 1.807) is 24.3 Å². The van der Waals surface area contributed by atoms with Crippen LogP contribution >= 0.6 is 0 Å². The largest absolute Gasteiger partial charge is 0.456 e. The maximum absolute atomic E-state index is 12.9. The first-order valence-corrected chi connectivity index (χ1v) is 10.5. The third-order valence-electron chi connectivity index (χ3n) is 5.39. The highest BCUT2D eigenvalue weighted by Crippen LogP contribution is 2.41. The molecule has 2 heterocycles. The van der Waals surface area contributed by atoms with Gasteiger partial charge in [0.25, 0.3) is 10.0 Å². The highest BCUT2D eigenvalue weighted by molar-refractivity contribution is 7.93. The lowest BCUT2D eigenvalue weighted by molar-refractivity contribution is -0.140. The number of carbonyl (C=O) groups excluding carboxylic acids is 2. The van der Waals surface area contributed by atoms with Crippen LogP contribution in [0.3, 0.4) is 0 Å². The van der Waals surface area contributed by atoms with E-state index in [4.69, 9.17) is 4.74 Å². The number of rotatable bonds is 5. The molecular formula is C21H20N2O5S. The van der Waals surface area contributed by atoms with Gasteiger partial charge in [-0.25, -0.2) is 8.42 Å². The number of anilines is 1. The first-order valence-electron chi connectivity index (χ1n) is 9.08. The minimum absolute atomic E-state index is 0.171. The van der Waals surface area contributed by atoms with Crippen molar-refractivity contribution in [2.45, 2.75) is 18.7 Å². The number of hydrogen-bond acceptors (Lipinski definition) is 5. The Labute approximate surface area is 168 Å². The van der Waals surface area contributed by atoms with E-state index in [0.717, 1.165) is 21.1 Å². The molecule has 1 aliphatic heterocycles. The standard InChI is InChI=1S/C21H20N2O5S/c1-13-10-16(14(2)22(13)3)18(24)12-28-20(25)11-23-17-8-4-6-15-7-5-9-19(21(15)17)29(23,26)27/h4-10H,11-12H2,1-3H3. The molecule has 0 aliphatic carbocycles. The van der Waals surface area contributed by atoms with E-state index in [0.29, 0.717) is 16.6 Å². The molecule has 8 heteroatoms. The number of carbonyl (C=O) groups is 2. The van der Waals surface area contributed by atoms with Gasteiger partial charge in [-0.2, -0.15) is 0 Å². The molecule has 0 saturated heterocycles. The SMILES string of the molecule is Cc1cc(C(=O)COC(=O)CN2c3cccc4cccc(c34)S2(=O)=O)c(C)n1C. The molecule has 3 aromatic rings. The number of aromatic nitrogens is 1. The summed E-state index contributed by atoms with van der Waals surface area (Å²) in [5, 5.41) is 1.37. The van der Waals surface area contributed by atoms with Crippen LogP contribution in [0.2, 0.25) is 0 Å². The molecule has 0 saturated carbocycles. The number of hydrogen-bond donors (Lipinski definition) is 0. The monoisotopic (exact) mass is 412 g/mol. The van der Waals surface area contributed by atoms with Gasteiger partial charge in [-0.3, -0.25) is 13.9 Å². The van der Waals surface area contributed by atoms with Gasteiger partial charge in [-0.15, -0.1) is 0 Å². The van der Waals surface area contributed by atoms with Crippen molar-refractivity contribution in [2.75, 3.05) is 17.5 Å². The summed E-state index contributed by atoms with van der Waals surface area (Å²) in [6, 6.07) is 12.0. The van der Waals surface area contributed by atoms with E-state index in [1.165, 1.54) is 6.07 Å². The normalized spacial score (nSPS) is 14.4. The molecule has 1 aliphatic rings. The average Bonchev–Trinajstić information content (AvgIpc) is 3.08. The fourth-order valence-electron chi connectivity index (χ4n) is 3.65. The van der Waals surface area contributed by atoms with Gasteiger partial charge in [0.15, 0.2) is 6.61 Å². The number of ether oxygens (including phenoxy) is 1. The summed E-state index contributed by atoms with van der Waals surface area (Å²) in [5.74, 6) is -1.11. The van der Waals surface area contributed by atoms with Crippen LogP contribution in [0, 0.1) is 13.8 Å². The molecule has 1 aromatic heterocycles. The second-order valence-electron chi connectivity index (χ2n) is 7.07. The molecule has 0 atom stereocenters. The van der Waals surface area contributed by atoms with Crippen molar-refractivity contribution in [1.29, 1.82) is 0 Å². The second-order valence-corrected chi connectivity index (χ2v) is 8.90. The number of aryl methyl sites for hydroxylation is 1. The van der Waals surface area contributed by atoms with Gasteiger partial charge in [0.2, 0.25) is 5.78 Å². The maximum Gasteiger partial charge on any atom is 0.327 e. The molecule has 0 unspecified atom stereocenters. The summed E-state index contributed by atoms with van der Waals surface area (Å²) in [4.78, 5) is 24.9. The van der Waals surface area contributed by atoms with Gasteiger partial charge >= 0.3 is 5.97 Å². The first kappa shape index (κ1) is 19.2. The fraction of sp³-hybridized carbons (Fsp3) is 0.238. The third kappa shape index (κ3) is 3.00. The Kier molecular flexibility index (Phi) is 4.46. The van der Waals surface area contributed by atoms with E-state index >= 15 is 0 Å². The van der Waals surface area contributed by atoms with Gasteiger partial charge < -0.3 is 9.30 Å². The van der Waals surface area contributed by atoms with Crippen LogP contribution in [-0.4, -0.2) is 37.9 Å². The van der Waals surface area contributed by atoms with Crippen LogP contribution in [0.25, 0.3) is 10.8 Å². The average molecular weight is 412 g/mol. The van der Waals surface area contributed by atoms with Gasteiger partial charge in [0.05, 0.1) is 10.6 Å². The molecule has 0 amide bonds. The summed E-state index contributed by atoms with van der Waals surface area (Å²) >= 11 is 0. The molecule has 0 fully saturated rings. The summed E-state index contributed by atoms with van der Waals surface area (Å²) in [6.45, 7) is 2.77. The molecule has 29 heavy (non-hydrogen) atoms. The van der Waals surface area contributed by atoms with Crippen molar-refractivity contribution in [3.63, 3.8) is 0 Å². The Bertz CT molecular complexity index is 1270. The van der Waals surface area contributed by atoms with Crippen molar-refractivity contribution in [3.05, 3.63) is 59.4 Å². The predicted molar refractivity (Wildman–Crippen MR) is 109 cm³/mol. The van der Waals surface area contributed by atoms with Crippen LogP contribution in [0.1, 0.15) is 21.7 Å². The third-order valence-corrected chi connectivity index (χ3v) is 7.20. The van der Waals surface area contributed by atoms with Gasteiger partial charge in [-0.1, -0.05) is 24.3 Å². The molecule has 150 valence electrons. The van der Waals surface area contributed by atoms with Gasteiger partial charge in [0.1, 0.15) is 6.54 Å². The van der Waals surface area contributed by atoms with Gasteiger partial charge in [0, 0.05) is 29.4 Å². The molecule has 2 aromatic carbocycles. The number of esters is 1. The lowest BCUT2D eigenvalue weighted by Gasteiger charge is -2.17. The Morgan fingerprint density at radius 3 is 2.41 bits per heavy atom. The predicted octanol–water partition coefficient (Wildman–Crippen LogP) is 2.73. The van der Waals surface area contributed by atoms with E-state index < -0.39 is 29.1 Å². The molecule has 0 radical (unpaired) electrons. The molecule has 0 bridgehead atoms. The number of ketones is 1. The Morgan fingerprint density at radius 2 is 1.76 bits per heavy atom. The van der Waals surface area contributed by atoms with Crippen molar-refractivity contribution in [2.24, 2.45) is 7.05 Å². The zero-order chi connectivity index (χ0) is 20.9. The van der Waals surface area contributed by atoms with E-state index in [9.17, 15) is 18.0 Å². The highest BCUT2D eigenvalue weighted by atomic mass is 32.2. The number of nitrogens with zero attached hydrogens (tertiary/aromatic N) is 2. The lowest BCUT2D eigenvalue weighted by atomic mass is 10.1. The van der Waals surface area contributed by atoms with Crippen LogP contribution in [-0.2, 0) is 26.6 Å². The van der Waals surface area contributed by atoms with Crippen LogP contribution < -0.4 is 4.31 Å². The maximum atomic E-state index is 12.9. The van der Waals surface area contributed by atoms with Gasteiger partial charge in [-0.05, 0) is 37.4 Å². The quantitative estimate of drug-likeness (QED) is 0.475. The molecule has 0 N–H and O–H groups in total. The number of benzene rings is 2. The summed E-state index contributed by atoms with van der Waals surface area (Å²) in [6.07, 6.45) is 0. The minimum atomic E-state index is -3.85. The van der Waals surface area contributed by atoms with Crippen molar-refractivity contribution in [3.8, 4) is 0 Å². The van der Waals surface area contributed by atoms with E-state index in [2.05, 4.69) is 0 Å². The molecule has 7 nitrogen and oxygen atoms in total. The Balaban J connectivity index is 1.51. The number of Topliss-reactive ketones (excluding diaryl/α,β-unsaturated/α-hetero) is 1. The topological polar surface area (TPSA) is 85.7 Å². The number of sulfonamides is 1. The smallest absolute Gasteiger partial charge is 0.327 e. The Morgan fingerprint density at radius 1 is 1.07 bits per heavy atom. The van der Waals surface area contributed by atoms with Crippen LogP contribution in [0.15, 0.2) is 47.4 Å². The van der Waals surface area contributed by atoms with Crippen molar-refractivity contribution < 1.29 is 22.7 Å². The molecule has 4 rings (SSSR count). The van der Waals surface area contributed by atoms with E-state index in [-0.39, 0.29) is 10.7 Å². The van der Waals surface area contributed by atoms with Crippen LogP contribution in [0.4, 0.5) is 5.69 Å².